The first-order chi connectivity index (χ1) is 9.19. The van der Waals surface area contributed by atoms with Gasteiger partial charge in [0.25, 0.3) is 0 Å². The molecule has 20 heavy (non-hydrogen) atoms. The summed E-state index contributed by atoms with van der Waals surface area (Å²) in [5, 5.41) is 8.87. The fourth-order valence-electron chi connectivity index (χ4n) is 1.30. The van der Waals surface area contributed by atoms with Gasteiger partial charge >= 0.3 is 5.97 Å². The number of nitrogens with one attached hydrogen (secondary N) is 1. The standard InChI is InChI=1S/C11H13BrFNO4S2/c1-6(19-2)5-14-20(17,18)9-4-7(12)3-8(10(9)13)11(15)16/h3-4,6,14H,5H2,1-2H3,(H,15,16). The first kappa shape index (κ1) is 17.4. The average molecular weight is 386 g/mol. The molecule has 0 bridgehead atoms. The molecule has 0 aliphatic carbocycles. The van der Waals surface area contributed by atoms with Crippen molar-refractivity contribution in [2.45, 2.75) is 17.1 Å². The Hall–Kier alpha value is -0.640. The molecule has 0 spiro atoms. The number of sulfonamides is 1. The number of thioether (sulfide) groups is 1. The van der Waals surface area contributed by atoms with Crippen LogP contribution >= 0.6 is 27.7 Å². The molecule has 1 atom stereocenters. The van der Waals surface area contributed by atoms with Gasteiger partial charge in [0.2, 0.25) is 10.0 Å². The van der Waals surface area contributed by atoms with Gasteiger partial charge in [-0.25, -0.2) is 22.3 Å². The summed E-state index contributed by atoms with van der Waals surface area (Å²) in [4.78, 5) is 10.2. The first-order valence-corrected chi connectivity index (χ1v) is 9.00. The van der Waals surface area contributed by atoms with E-state index in [2.05, 4.69) is 20.7 Å². The van der Waals surface area contributed by atoms with E-state index in [-0.39, 0.29) is 16.3 Å². The van der Waals surface area contributed by atoms with Gasteiger partial charge in [-0.3, -0.25) is 0 Å². The number of carboxylic acid groups (broad SMARTS) is 1. The smallest absolute Gasteiger partial charge is 0.338 e. The minimum absolute atomic E-state index is 0.0129. The van der Waals surface area contributed by atoms with Crippen LogP contribution in [0.1, 0.15) is 17.3 Å². The Labute approximate surface area is 129 Å². The zero-order chi connectivity index (χ0) is 15.5. The van der Waals surface area contributed by atoms with Crippen LogP contribution in [-0.4, -0.2) is 37.5 Å². The third-order valence-corrected chi connectivity index (χ3v) is 5.34. The molecule has 9 heteroatoms. The SMILES string of the molecule is CSC(C)CNS(=O)(=O)c1cc(Br)cc(C(=O)O)c1F. The average Bonchev–Trinajstić information content (AvgIpc) is 2.37. The molecule has 0 aliphatic rings. The summed E-state index contributed by atoms with van der Waals surface area (Å²) in [5.41, 5.74) is -0.697. The Kier molecular flexibility index (Phi) is 5.99. The fourth-order valence-corrected chi connectivity index (χ4v) is 3.52. The van der Waals surface area contributed by atoms with E-state index in [0.29, 0.717) is 0 Å². The third kappa shape index (κ3) is 4.18. The Morgan fingerprint density at radius 1 is 1.55 bits per heavy atom. The highest BCUT2D eigenvalue weighted by atomic mass is 79.9. The monoisotopic (exact) mass is 385 g/mol. The lowest BCUT2D eigenvalue weighted by molar-refractivity contribution is 0.0691. The van der Waals surface area contributed by atoms with Gasteiger partial charge in [-0.15, -0.1) is 0 Å². The first-order valence-electron chi connectivity index (χ1n) is 5.44. The number of rotatable bonds is 6. The number of carbonyl (C=O) groups is 1. The molecule has 112 valence electrons. The van der Waals surface area contributed by atoms with Crippen LogP contribution in [0.25, 0.3) is 0 Å². The molecule has 0 saturated carbocycles. The van der Waals surface area contributed by atoms with E-state index in [9.17, 15) is 17.6 Å². The normalized spacial score (nSPS) is 13.2. The van der Waals surface area contributed by atoms with Crippen molar-refractivity contribution in [3.63, 3.8) is 0 Å². The van der Waals surface area contributed by atoms with Gasteiger partial charge in [0.1, 0.15) is 4.90 Å². The predicted octanol–water partition coefficient (Wildman–Crippen LogP) is 2.32. The van der Waals surface area contributed by atoms with Crippen LogP contribution in [-0.2, 0) is 10.0 Å². The van der Waals surface area contributed by atoms with Crippen molar-refractivity contribution < 1.29 is 22.7 Å². The zero-order valence-corrected chi connectivity index (χ0v) is 13.9. The maximum absolute atomic E-state index is 14.0. The molecule has 0 radical (unpaired) electrons. The van der Waals surface area contributed by atoms with Crippen molar-refractivity contribution >= 4 is 43.7 Å². The van der Waals surface area contributed by atoms with E-state index < -0.39 is 32.3 Å². The number of carboxylic acids is 1. The molecule has 0 fully saturated rings. The highest BCUT2D eigenvalue weighted by Gasteiger charge is 2.25. The predicted molar refractivity (Wildman–Crippen MR) is 79.2 cm³/mol. The van der Waals surface area contributed by atoms with E-state index in [1.54, 1.807) is 0 Å². The lowest BCUT2D eigenvalue weighted by atomic mass is 10.2. The van der Waals surface area contributed by atoms with Crippen molar-refractivity contribution in [3.05, 3.63) is 28.0 Å². The maximum Gasteiger partial charge on any atom is 0.338 e. The quantitative estimate of drug-likeness (QED) is 0.784. The second kappa shape index (κ2) is 6.88. The highest BCUT2D eigenvalue weighted by Crippen LogP contribution is 2.24. The van der Waals surface area contributed by atoms with Gasteiger partial charge in [-0.1, -0.05) is 22.9 Å². The van der Waals surface area contributed by atoms with E-state index in [0.717, 1.165) is 12.1 Å². The van der Waals surface area contributed by atoms with E-state index in [1.807, 2.05) is 13.2 Å². The molecule has 0 aliphatic heterocycles. The Bertz CT molecular complexity index is 621. The number of benzene rings is 1. The maximum atomic E-state index is 14.0. The minimum atomic E-state index is -4.11. The molecular weight excluding hydrogens is 373 g/mol. The Balaban J connectivity index is 3.21. The largest absolute Gasteiger partial charge is 0.478 e. The van der Waals surface area contributed by atoms with Crippen molar-refractivity contribution in [1.29, 1.82) is 0 Å². The lowest BCUT2D eigenvalue weighted by Crippen LogP contribution is -2.30. The molecule has 1 aromatic rings. The van der Waals surface area contributed by atoms with E-state index in [1.165, 1.54) is 11.8 Å². The van der Waals surface area contributed by atoms with Crippen LogP contribution in [0.5, 0.6) is 0 Å². The summed E-state index contributed by atoms with van der Waals surface area (Å²) in [6.07, 6.45) is 1.82. The van der Waals surface area contributed by atoms with Gasteiger partial charge in [0.05, 0.1) is 5.56 Å². The lowest BCUT2D eigenvalue weighted by Gasteiger charge is -2.12. The molecule has 1 aromatic carbocycles. The van der Waals surface area contributed by atoms with Gasteiger partial charge < -0.3 is 5.11 Å². The van der Waals surface area contributed by atoms with Crippen molar-refractivity contribution in [2.24, 2.45) is 0 Å². The third-order valence-electron chi connectivity index (χ3n) is 2.49. The second-order valence-corrected chi connectivity index (χ2v) is 7.90. The molecule has 2 N–H and O–H groups in total. The van der Waals surface area contributed by atoms with Gasteiger partial charge in [0.15, 0.2) is 5.82 Å². The zero-order valence-electron chi connectivity index (χ0n) is 10.7. The Morgan fingerprint density at radius 3 is 2.65 bits per heavy atom. The summed E-state index contributed by atoms with van der Waals surface area (Å²) < 4.78 is 40.5. The second-order valence-electron chi connectivity index (χ2n) is 3.97. The number of hydrogen-bond donors (Lipinski definition) is 2. The Morgan fingerprint density at radius 2 is 2.15 bits per heavy atom. The van der Waals surface area contributed by atoms with E-state index in [4.69, 9.17) is 5.11 Å². The molecule has 5 nitrogen and oxygen atoms in total. The van der Waals surface area contributed by atoms with Crippen molar-refractivity contribution in [1.82, 2.24) is 4.72 Å². The van der Waals surface area contributed by atoms with E-state index >= 15 is 0 Å². The molecule has 0 heterocycles. The van der Waals surface area contributed by atoms with Crippen LogP contribution in [0, 0.1) is 5.82 Å². The summed E-state index contributed by atoms with van der Waals surface area (Å²) in [7, 11) is -4.11. The van der Waals surface area contributed by atoms with Crippen LogP contribution in [0.2, 0.25) is 0 Å². The molecule has 1 rings (SSSR count). The topological polar surface area (TPSA) is 83.5 Å². The minimum Gasteiger partial charge on any atom is -0.478 e. The van der Waals surface area contributed by atoms with Crippen LogP contribution in [0.3, 0.4) is 0 Å². The van der Waals surface area contributed by atoms with Crippen LogP contribution in [0.15, 0.2) is 21.5 Å². The molecule has 1 unspecified atom stereocenters. The number of halogens is 2. The van der Waals surface area contributed by atoms with Crippen LogP contribution in [0.4, 0.5) is 4.39 Å². The fraction of sp³-hybridized carbons (Fsp3) is 0.364. The molecule has 0 saturated heterocycles. The molecular formula is C11H13BrFNO4S2. The number of aromatic carboxylic acids is 1. The number of hydrogen-bond acceptors (Lipinski definition) is 4. The summed E-state index contributed by atoms with van der Waals surface area (Å²) in [5.74, 6) is -2.80. The van der Waals surface area contributed by atoms with Gasteiger partial charge in [-0.2, -0.15) is 11.8 Å². The highest BCUT2D eigenvalue weighted by molar-refractivity contribution is 9.10. The summed E-state index contributed by atoms with van der Waals surface area (Å²) in [6.45, 7) is 1.94. The van der Waals surface area contributed by atoms with Gasteiger partial charge in [-0.05, 0) is 18.4 Å². The summed E-state index contributed by atoms with van der Waals surface area (Å²) in [6, 6.07) is 2.05. The van der Waals surface area contributed by atoms with Crippen molar-refractivity contribution in [3.8, 4) is 0 Å². The van der Waals surface area contributed by atoms with Crippen LogP contribution < -0.4 is 4.72 Å². The summed E-state index contributed by atoms with van der Waals surface area (Å²) >= 11 is 4.43. The molecule has 0 amide bonds. The van der Waals surface area contributed by atoms with Crippen molar-refractivity contribution in [2.75, 3.05) is 12.8 Å². The van der Waals surface area contributed by atoms with Gasteiger partial charge in [0, 0.05) is 16.3 Å². The molecule has 0 aromatic heterocycles.